The van der Waals surface area contributed by atoms with E-state index in [0.29, 0.717) is 30.3 Å². The first-order valence-electron chi connectivity index (χ1n) is 5.88. The molecule has 0 aromatic heterocycles. The SMILES string of the molecule is CC(Cc1cc2c(cc1F)OCCCO2)C(=O)O. The number of halogens is 1. The Hall–Kier alpha value is -1.78. The van der Waals surface area contributed by atoms with E-state index in [1.165, 1.54) is 12.1 Å². The number of carbonyl (C=O) groups is 1. The summed E-state index contributed by atoms with van der Waals surface area (Å²) in [6.45, 7) is 2.56. The van der Waals surface area contributed by atoms with Gasteiger partial charge in [-0.2, -0.15) is 0 Å². The second kappa shape index (κ2) is 5.25. The van der Waals surface area contributed by atoms with Crippen molar-refractivity contribution in [1.82, 2.24) is 0 Å². The minimum atomic E-state index is -0.943. The molecule has 1 aromatic carbocycles. The number of aliphatic carboxylic acids is 1. The summed E-state index contributed by atoms with van der Waals surface area (Å²) in [7, 11) is 0. The van der Waals surface area contributed by atoms with Crippen LogP contribution in [0.1, 0.15) is 18.9 Å². The van der Waals surface area contributed by atoms with Crippen molar-refractivity contribution in [3.8, 4) is 11.5 Å². The molecule has 0 bridgehead atoms. The molecule has 0 saturated heterocycles. The van der Waals surface area contributed by atoms with Gasteiger partial charge in [0, 0.05) is 12.5 Å². The third kappa shape index (κ3) is 2.72. The molecule has 18 heavy (non-hydrogen) atoms. The molecule has 5 heteroatoms. The van der Waals surface area contributed by atoms with E-state index < -0.39 is 17.7 Å². The third-order valence-corrected chi connectivity index (χ3v) is 2.86. The molecule has 1 aromatic rings. The molecule has 98 valence electrons. The lowest BCUT2D eigenvalue weighted by Gasteiger charge is -2.12. The summed E-state index contributed by atoms with van der Waals surface area (Å²) in [6, 6.07) is 2.81. The van der Waals surface area contributed by atoms with Crippen LogP contribution in [0.15, 0.2) is 12.1 Å². The summed E-state index contributed by atoms with van der Waals surface area (Å²) in [5.74, 6) is -1.16. The van der Waals surface area contributed by atoms with Crippen LogP contribution < -0.4 is 9.47 Å². The fourth-order valence-electron chi connectivity index (χ4n) is 1.80. The number of carboxylic acid groups (broad SMARTS) is 1. The van der Waals surface area contributed by atoms with Crippen LogP contribution in [0.5, 0.6) is 11.5 Å². The maximum absolute atomic E-state index is 13.8. The number of carboxylic acids is 1. The molecule has 0 fully saturated rings. The first-order valence-corrected chi connectivity index (χ1v) is 5.88. The Morgan fingerprint density at radius 1 is 1.39 bits per heavy atom. The van der Waals surface area contributed by atoms with E-state index in [9.17, 15) is 9.18 Å². The molecule has 1 unspecified atom stereocenters. The molecule has 1 atom stereocenters. The lowest BCUT2D eigenvalue weighted by Crippen LogP contribution is -2.13. The fraction of sp³-hybridized carbons (Fsp3) is 0.462. The van der Waals surface area contributed by atoms with Crippen molar-refractivity contribution in [2.75, 3.05) is 13.2 Å². The molecule has 0 radical (unpaired) electrons. The molecule has 0 aliphatic carbocycles. The Morgan fingerprint density at radius 2 is 2.00 bits per heavy atom. The molecule has 1 heterocycles. The molecule has 0 spiro atoms. The van der Waals surface area contributed by atoms with Gasteiger partial charge in [-0.05, 0) is 18.1 Å². The summed E-state index contributed by atoms with van der Waals surface area (Å²) in [6.07, 6.45) is 0.884. The Kier molecular flexibility index (Phi) is 3.69. The zero-order chi connectivity index (χ0) is 13.1. The van der Waals surface area contributed by atoms with Gasteiger partial charge in [0.1, 0.15) is 5.82 Å². The van der Waals surface area contributed by atoms with Gasteiger partial charge in [0.25, 0.3) is 0 Å². The highest BCUT2D eigenvalue weighted by Gasteiger charge is 2.19. The highest BCUT2D eigenvalue weighted by atomic mass is 19.1. The van der Waals surface area contributed by atoms with Crippen LogP contribution in [-0.2, 0) is 11.2 Å². The van der Waals surface area contributed by atoms with Crippen molar-refractivity contribution in [3.05, 3.63) is 23.5 Å². The van der Waals surface area contributed by atoms with Gasteiger partial charge < -0.3 is 14.6 Å². The van der Waals surface area contributed by atoms with Gasteiger partial charge in [-0.15, -0.1) is 0 Å². The number of hydrogen-bond acceptors (Lipinski definition) is 3. The minimum absolute atomic E-state index is 0.137. The summed E-state index contributed by atoms with van der Waals surface area (Å²) in [5, 5.41) is 8.84. The molecule has 1 aliphatic heterocycles. The average Bonchev–Trinajstić information content (AvgIpc) is 2.54. The normalized spacial score (nSPS) is 15.9. The minimum Gasteiger partial charge on any atom is -0.490 e. The van der Waals surface area contributed by atoms with Crippen LogP contribution >= 0.6 is 0 Å². The maximum Gasteiger partial charge on any atom is 0.306 e. The van der Waals surface area contributed by atoms with Crippen LogP contribution in [0.4, 0.5) is 4.39 Å². The van der Waals surface area contributed by atoms with E-state index >= 15 is 0 Å². The number of rotatable bonds is 3. The lowest BCUT2D eigenvalue weighted by molar-refractivity contribution is -0.141. The Morgan fingerprint density at radius 3 is 2.61 bits per heavy atom. The van der Waals surface area contributed by atoms with Crippen molar-refractivity contribution < 1.29 is 23.8 Å². The smallest absolute Gasteiger partial charge is 0.306 e. The van der Waals surface area contributed by atoms with E-state index in [-0.39, 0.29) is 6.42 Å². The van der Waals surface area contributed by atoms with Gasteiger partial charge in [0.05, 0.1) is 19.1 Å². The standard InChI is InChI=1S/C13H15FO4/c1-8(13(15)16)5-9-6-11-12(7-10(9)14)18-4-2-3-17-11/h6-8H,2-5H2,1H3,(H,15,16). The van der Waals surface area contributed by atoms with Gasteiger partial charge in [-0.3, -0.25) is 4.79 Å². The fourth-order valence-corrected chi connectivity index (χ4v) is 1.80. The van der Waals surface area contributed by atoms with Crippen LogP contribution in [0.3, 0.4) is 0 Å². The monoisotopic (exact) mass is 254 g/mol. The van der Waals surface area contributed by atoms with Crippen LogP contribution in [-0.4, -0.2) is 24.3 Å². The van der Waals surface area contributed by atoms with Gasteiger partial charge in [-0.1, -0.05) is 6.92 Å². The molecular formula is C13H15FO4. The maximum atomic E-state index is 13.8. The van der Waals surface area contributed by atoms with Gasteiger partial charge in [0.2, 0.25) is 0 Å². The van der Waals surface area contributed by atoms with Crippen LogP contribution in [0, 0.1) is 11.7 Å². The van der Waals surface area contributed by atoms with Crippen molar-refractivity contribution in [1.29, 1.82) is 0 Å². The third-order valence-electron chi connectivity index (χ3n) is 2.86. The highest BCUT2D eigenvalue weighted by molar-refractivity contribution is 5.70. The molecule has 0 saturated carbocycles. The summed E-state index contributed by atoms with van der Waals surface area (Å²) in [5.41, 5.74) is 0.342. The second-order valence-electron chi connectivity index (χ2n) is 4.38. The van der Waals surface area contributed by atoms with Gasteiger partial charge in [-0.25, -0.2) is 4.39 Å². The van der Waals surface area contributed by atoms with Gasteiger partial charge >= 0.3 is 5.97 Å². The first-order chi connectivity index (χ1) is 8.58. The van der Waals surface area contributed by atoms with Crippen molar-refractivity contribution in [2.24, 2.45) is 5.92 Å². The Labute approximate surface area is 104 Å². The number of fused-ring (bicyclic) bond motifs is 1. The summed E-state index contributed by atoms with van der Waals surface area (Å²) < 4.78 is 24.6. The largest absolute Gasteiger partial charge is 0.490 e. The van der Waals surface area contributed by atoms with E-state index in [2.05, 4.69) is 0 Å². The van der Waals surface area contributed by atoms with Crippen molar-refractivity contribution in [3.63, 3.8) is 0 Å². The average molecular weight is 254 g/mol. The number of ether oxygens (including phenoxy) is 2. The molecule has 4 nitrogen and oxygen atoms in total. The highest BCUT2D eigenvalue weighted by Crippen LogP contribution is 2.33. The quantitative estimate of drug-likeness (QED) is 0.898. The summed E-state index contributed by atoms with van der Waals surface area (Å²) >= 11 is 0. The molecule has 0 amide bonds. The zero-order valence-electron chi connectivity index (χ0n) is 10.1. The van der Waals surface area contributed by atoms with E-state index in [1.807, 2.05) is 0 Å². The second-order valence-corrected chi connectivity index (χ2v) is 4.38. The van der Waals surface area contributed by atoms with E-state index in [0.717, 1.165) is 6.42 Å². The lowest BCUT2D eigenvalue weighted by atomic mass is 10.0. The van der Waals surface area contributed by atoms with Crippen LogP contribution in [0.2, 0.25) is 0 Å². The van der Waals surface area contributed by atoms with E-state index in [4.69, 9.17) is 14.6 Å². The number of benzene rings is 1. The van der Waals surface area contributed by atoms with Crippen molar-refractivity contribution >= 4 is 5.97 Å². The van der Waals surface area contributed by atoms with Crippen LogP contribution in [0.25, 0.3) is 0 Å². The molecule has 1 N–H and O–H groups in total. The molecule has 1 aliphatic rings. The Balaban J connectivity index is 2.26. The molecule has 2 rings (SSSR count). The number of hydrogen-bond donors (Lipinski definition) is 1. The zero-order valence-corrected chi connectivity index (χ0v) is 10.1. The Bertz CT molecular complexity index is 459. The predicted molar refractivity (Wildman–Crippen MR) is 62.5 cm³/mol. The molecular weight excluding hydrogens is 239 g/mol. The predicted octanol–water partition coefficient (Wildman–Crippen LogP) is 2.25. The summed E-state index contributed by atoms with van der Waals surface area (Å²) in [4.78, 5) is 10.8. The van der Waals surface area contributed by atoms with E-state index in [1.54, 1.807) is 6.92 Å². The topological polar surface area (TPSA) is 55.8 Å². The van der Waals surface area contributed by atoms with Gasteiger partial charge in [0.15, 0.2) is 11.5 Å². The van der Waals surface area contributed by atoms with Crippen molar-refractivity contribution in [2.45, 2.75) is 19.8 Å². The first kappa shape index (κ1) is 12.7.